The van der Waals surface area contributed by atoms with E-state index in [4.69, 9.17) is 4.74 Å². The first kappa shape index (κ1) is 12.2. The second kappa shape index (κ2) is 5.36. The van der Waals surface area contributed by atoms with E-state index in [0.29, 0.717) is 5.75 Å². The van der Waals surface area contributed by atoms with Gasteiger partial charge in [0.15, 0.2) is 11.5 Å². The lowest BCUT2D eigenvalue weighted by Crippen LogP contribution is -1.85. The number of phenolic OH excluding ortho intramolecular Hbond substituents is 1. The Bertz CT molecular complexity index is 576. The highest BCUT2D eigenvalue weighted by atomic mass is 16.5. The fraction of sp³-hybridized carbons (Fsp3) is 0.133. The summed E-state index contributed by atoms with van der Waals surface area (Å²) in [4.78, 5) is 4.38. The van der Waals surface area contributed by atoms with E-state index in [9.17, 15) is 5.11 Å². The van der Waals surface area contributed by atoms with Crippen molar-refractivity contribution < 1.29 is 9.84 Å². The zero-order valence-electron chi connectivity index (χ0n) is 10.4. The molecule has 0 fully saturated rings. The van der Waals surface area contributed by atoms with Crippen LogP contribution in [-0.2, 0) is 0 Å². The van der Waals surface area contributed by atoms with Crippen LogP contribution in [0.5, 0.6) is 11.5 Å². The van der Waals surface area contributed by atoms with Crippen LogP contribution >= 0.6 is 0 Å². The van der Waals surface area contributed by atoms with E-state index in [1.807, 2.05) is 43.3 Å². The summed E-state index contributed by atoms with van der Waals surface area (Å²) in [6.45, 7) is 1.96. The van der Waals surface area contributed by atoms with Gasteiger partial charge in [0.2, 0.25) is 0 Å². The molecule has 0 unspecified atom stereocenters. The van der Waals surface area contributed by atoms with E-state index < -0.39 is 0 Å². The summed E-state index contributed by atoms with van der Waals surface area (Å²) in [7, 11) is 1.53. The Hall–Kier alpha value is -2.29. The number of ether oxygens (including phenoxy) is 1. The molecule has 0 saturated heterocycles. The smallest absolute Gasteiger partial charge is 0.161 e. The van der Waals surface area contributed by atoms with Crippen molar-refractivity contribution in [1.82, 2.24) is 4.98 Å². The van der Waals surface area contributed by atoms with E-state index in [1.165, 1.54) is 7.11 Å². The Morgan fingerprint density at radius 3 is 2.72 bits per heavy atom. The highest BCUT2D eigenvalue weighted by molar-refractivity contribution is 5.69. The molecule has 0 radical (unpaired) electrons. The van der Waals surface area contributed by atoms with Crippen LogP contribution in [0.3, 0.4) is 0 Å². The van der Waals surface area contributed by atoms with Gasteiger partial charge in [-0.3, -0.25) is 4.98 Å². The molecule has 0 aliphatic heterocycles. The highest BCUT2D eigenvalue weighted by Gasteiger charge is 2.00. The SMILES string of the molecule is COc1cc(/C=C/c2cccc(C)n2)ccc1O. The maximum absolute atomic E-state index is 9.50. The molecule has 18 heavy (non-hydrogen) atoms. The second-order valence-corrected chi connectivity index (χ2v) is 3.97. The Morgan fingerprint density at radius 2 is 2.00 bits per heavy atom. The molecule has 2 rings (SSSR count). The molecule has 1 aromatic carbocycles. The minimum absolute atomic E-state index is 0.142. The van der Waals surface area contributed by atoms with Crippen LogP contribution in [0.4, 0.5) is 0 Å². The minimum atomic E-state index is 0.142. The largest absolute Gasteiger partial charge is 0.504 e. The van der Waals surface area contributed by atoms with Crippen molar-refractivity contribution in [3.05, 3.63) is 53.3 Å². The van der Waals surface area contributed by atoms with Crippen molar-refractivity contribution in [3.63, 3.8) is 0 Å². The normalized spacial score (nSPS) is 10.8. The molecule has 3 nitrogen and oxygen atoms in total. The quantitative estimate of drug-likeness (QED) is 0.896. The minimum Gasteiger partial charge on any atom is -0.504 e. The third-order valence-corrected chi connectivity index (χ3v) is 2.56. The third-order valence-electron chi connectivity index (χ3n) is 2.56. The topological polar surface area (TPSA) is 42.4 Å². The summed E-state index contributed by atoms with van der Waals surface area (Å²) in [5.74, 6) is 0.609. The zero-order valence-corrected chi connectivity index (χ0v) is 10.4. The van der Waals surface area contributed by atoms with E-state index in [2.05, 4.69) is 4.98 Å². The monoisotopic (exact) mass is 241 g/mol. The molecule has 0 saturated carbocycles. The Morgan fingerprint density at radius 1 is 1.17 bits per heavy atom. The van der Waals surface area contributed by atoms with Gasteiger partial charge in [0, 0.05) is 5.69 Å². The predicted molar refractivity (Wildman–Crippen MR) is 72.6 cm³/mol. The molecule has 0 amide bonds. The standard InChI is InChI=1S/C15H15NO2/c1-11-4-3-5-13(16-11)8-6-12-7-9-14(17)15(10-12)18-2/h3-10,17H,1-2H3/b8-6+. The first-order valence-electron chi connectivity index (χ1n) is 5.68. The lowest BCUT2D eigenvalue weighted by Gasteiger charge is -2.03. The Balaban J connectivity index is 2.23. The van der Waals surface area contributed by atoms with E-state index >= 15 is 0 Å². The molecule has 92 valence electrons. The van der Waals surface area contributed by atoms with Crippen LogP contribution in [0.2, 0.25) is 0 Å². The third kappa shape index (κ3) is 2.88. The lowest BCUT2D eigenvalue weighted by molar-refractivity contribution is 0.373. The first-order chi connectivity index (χ1) is 8.69. The number of methoxy groups -OCH3 is 1. The summed E-state index contributed by atoms with van der Waals surface area (Å²) in [6, 6.07) is 11.1. The summed E-state index contributed by atoms with van der Waals surface area (Å²) in [5.41, 5.74) is 2.84. The van der Waals surface area contributed by atoms with Crippen LogP contribution < -0.4 is 4.74 Å². The van der Waals surface area contributed by atoms with E-state index in [1.54, 1.807) is 12.1 Å². The Kier molecular flexibility index (Phi) is 3.63. The van der Waals surface area contributed by atoms with Crippen LogP contribution in [0, 0.1) is 6.92 Å². The van der Waals surface area contributed by atoms with Gasteiger partial charge in [0.1, 0.15) is 0 Å². The van der Waals surface area contributed by atoms with Crippen LogP contribution in [-0.4, -0.2) is 17.2 Å². The molecule has 1 heterocycles. The molecular formula is C15H15NO2. The number of hydrogen-bond acceptors (Lipinski definition) is 3. The van der Waals surface area contributed by atoms with Crippen LogP contribution in [0.1, 0.15) is 17.0 Å². The fourth-order valence-corrected chi connectivity index (χ4v) is 1.64. The molecule has 1 N–H and O–H groups in total. The van der Waals surface area contributed by atoms with Gasteiger partial charge in [-0.1, -0.05) is 18.2 Å². The molecule has 0 atom stereocenters. The second-order valence-electron chi connectivity index (χ2n) is 3.97. The zero-order chi connectivity index (χ0) is 13.0. The van der Waals surface area contributed by atoms with Crippen molar-refractivity contribution in [2.75, 3.05) is 7.11 Å². The molecule has 0 aliphatic carbocycles. The van der Waals surface area contributed by atoms with Crippen molar-refractivity contribution in [1.29, 1.82) is 0 Å². The summed E-state index contributed by atoms with van der Waals surface area (Å²) in [5, 5.41) is 9.50. The number of hydrogen-bond donors (Lipinski definition) is 1. The van der Waals surface area contributed by atoms with Gasteiger partial charge < -0.3 is 9.84 Å². The van der Waals surface area contributed by atoms with Gasteiger partial charge in [-0.2, -0.15) is 0 Å². The predicted octanol–water partition coefficient (Wildman–Crippen LogP) is 3.27. The van der Waals surface area contributed by atoms with Gasteiger partial charge in [-0.25, -0.2) is 0 Å². The average Bonchev–Trinajstić information content (AvgIpc) is 2.38. The number of phenols is 1. The van der Waals surface area contributed by atoms with E-state index in [-0.39, 0.29) is 5.75 Å². The number of nitrogens with zero attached hydrogens (tertiary/aromatic N) is 1. The van der Waals surface area contributed by atoms with Gasteiger partial charge >= 0.3 is 0 Å². The Labute approximate surface area is 106 Å². The highest BCUT2D eigenvalue weighted by Crippen LogP contribution is 2.26. The molecule has 2 aromatic rings. The summed E-state index contributed by atoms with van der Waals surface area (Å²) < 4.78 is 5.06. The van der Waals surface area contributed by atoms with Gasteiger partial charge in [0.05, 0.1) is 12.8 Å². The van der Waals surface area contributed by atoms with Crippen LogP contribution in [0.15, 0.2) is 36.4 Å². The maximum Gasteiger partial charge on any atom is 0.161 e. The number of aromatic hydroxyl groups is 1. The molecule has 0 spiro atoms. The summed E-state index contributed by atoms with van der Waals surface area (Å²) >= 11 is 0. The lowest BCUT2D eigenvalue weighted by atomic mass is 10.1. The molecule has 0 bridgehead atoms. The average molecular weight is 241 g/mol. The van der Waals surface area contributed by atoms with Crippen molar-refractivity contribution in [3.8, 4) is 11.5 Å². The fourth-order valence-electron chi connectivity index (χ4n) is 1.64. The van der Waals surface area contributed by atoms with E-state index in [0.717, 1.165) is 17.0 Å². The van der Waals surface area contributed by atoms with Crippen LogP contribution in [0.25, 0.3) is 12.2 Å². The number of pyridine rings is 1. The van der Waals surface area contributed by atoms with Gasteiger partial charge in [0.25, 0.3) is 0 Å². The number of benzene rings is 1. The van der Waals surface area contributed by atoms with Gasteiger partial charge in [-0.05, 0) is 42.8 Å². The maximum atomic E-state index is 9.50. The van der Waals surface area contributed by atoms with Crippen molar-refractivity contribution in [2.45, 2.75) is 6.92 Å². The summed E-state index contributed by atoms with van der Waals surface area (Å²) in [6.07, 6.45) is 3.86. The van der Waals surface area contributed by atoms with Gasteiger partial charge in [-0.15, -0.1) is 0 Å². The number of aromatic nitrogens is 1. The first-order valence-corrected chi connectivity index (χ1v) is 5.68. The molecule has 1 aromatic heterocycles. The molecular weight excluding hydrogens is 226 g/mol. The number of aryl methyl sites for hydroxylation is 1. The van der Waals surface area contributed by atoms with Crippen molar-refractivity contribution in [2.24, 2.45) is 0 Å². The van der Waals surface area contributed by atoms with Crippen molar-refractivity contribution >= 4 is 12.2 Å². The molecule has 3 heteroatoms. The number of rotatable bonds is 3. The molecule has 0 aliphatic rings.